The molecule has 0 aliphatic rings. The van der Waals surface area contributed by atoms with Crippen molar-refractivity contribution >= 4 is 91.1 Å². The summed E-state index contributed by atoms with van der Waals surface area (Å²) in [4.78, 5) is 34.4. The Morgan fingerprint density at radius 2 is 2.07 bits per heavy atom. The van der Waals surface area contributed by atoms with Crippen LogP contribution in [-0.2, 0) is 12.2 Å². The van der Waals surface area contributed by atoms with Crippen LogP contribution < -0.4 is 22.3 Å². The maximum absolute atomic E-state index is 12.1. The molecule has 3 rings (SSSR count). The quantitative estimate of drug-likeness (QED) is 0.134. The number of thioether (sulfide) groups is 1. The largest absolute Gasteiger partial charge is 0.370 e. The lowest BCUT2D eigenvalue weighted by Crippen LogP contribution is -2.21. The number of aliphatic imine (C=N–C) groups is 1. The van der Waals surface area contributed by atoms with Crippen molar-refractivity contribution < 1.29 is 0 Å². The monoisotopic (exact) mass is 645 g/mol. The number of aromatic amines is 2. The second-order valence-corrected chi connectivity index (χ2v) is 7.38. The molecule has 15 heteroatoms. The van der Waals surface area contributed by atoms with Crippen LogP contribution in [0.5, 0.6) is 0 Å². The van der Waals surface area contributed by atoms with E-state index in [4.69, 9.17) is 11.5 Å². The Balaban J connectivity index is 0.00000280. The number of imidazole rings is 1. The number of nitrogens with zero attached hydrogens (tertiary/aromatic N) is 4. The van der Waals surface area contributed by atoms with Gasteiger partial charge in [-0.05, 0) is 0 Å². The molecule has 30 heavy (non-hydrogen) atoms. The van der Waals surface area contributed by atoms with Crippen LogP contribution in [0.15, 0.2) is 33.8 Å². The minimum absolute atomic E-state index is 0. The third-order valence-corrected chi connectivity index (χ3v) is 5.11. The molecule has 0 atom stereocenters. The summed E-state index contributed by atoms with van der Waals surface area (Å²) >= 11 is 3.10. The number of thiazole rings is 1. The molecule has 3 aromatic heterocycles. The molecule has 0 aliphatic carbocycles. The Bertz CT molecular complexity index is 958. The summed E-state index contributed by atoms with van der Waals surface area (Å²) < 4.78 is 0. The first-order valence-corrected chi connectivity index (χ1v) is 10.1. The van der Waals surface area contributed by atoms with Crippen LogP contribution in [0.2, 0.25) is 0 Å². The molecule has 0 bridgehead atoms. The van der Waals surface area contributed by atoms with E-state index in [1.165, 1.54) is 11.3 Å². The van der Waals surface area contributed by atoms with Gasteiger partial charge in [0.25, 0.3) is 5.56 Å². The molecular weight excluding hydrogens is 626 g/mol. The van der Waals surface area contributed by atoms with E-state index in [-0.39, 0.29) is 62.5 Å². The Morgan fingerprint density at radius 1 is 1.27 bits per heavy atom. The molecule has 166 valence electrons. The predicted molar refractivity (Wildman–Crippen MR) is 139 cm³/mol. The molecule has 0 saturated carbocycles. The molecular formula is C15H22Br3N9OS2. The molecule has 10 nitrogen and oxygen atoms in total. The van der Waals surface area contributed by atoms with Gasteiger partial charge in [0.05, 0.1) is 5.69 Å². The van der Waals surface area contributed by atoms with Gasteiger partial charge in [-0.1, -0.05) is 0 Å². The predicted octanol–water partition coefficient (Wildman–Crippen LogP) is 2.52. The van der Waals surface area contributed by atoms with Crippen LogP contribution in [0.3, 0.4) is 0 Å². The Kier molecular flexibility index (Phi) is 13.9. The van der Waals surface area contributed by atoms with Crippen molar-refractivity contribution in [2.75, 3.05) is 17.6 Å². The molecule has 3 heterocycles. The lowest BCUT2D eigenvalue weighted by molar-refractivity contribution is 0.960. The fourth-order valence-electron chi connectivity index (χ4n) is 2.15. The lowest BCUT2D eigenvalue weighted by atomic mass is 10.2. The van der Waals surface area contributed by atoms with E-state index in [0.717, 1.165) is 23.0 Å². The van der Waals surface area contributed by atoms with Crippen LogP contribution in [0, 0.1) is 0 Å². The number of rotatable bonds is 9. The molecule has 7 N–H and O–H groups in total. The van der Waals surface area contributed by atoms with Gasteiger partial charge in [0.2, 0.25) is 11.1 Å². The number of guanidine groups is 1. The van der Waals surface area contributed by atoms with E-state index in [9.17, 15) is 4.79 Å². The second-order valence-electron chi connectivity index (χ2n) is 5.44. The average molecular weight is 648 g/mol. The first-order chi connectivity index (χ1) is 13.1. The highest BCUT2D eigenvalue weighted by molar-refractivity contribution is 8.93. The van der Waals surface area contributed by atoms with Crippen molar-refractivity contribution in [2.45, 2.75) is 12.2 Å². The van der Waals surface area contributed by atoms with Crippen LogP contribution in [0.25, 0.3) is 0 Å². The average Bonchev–Trinajstić information content (AvgIpc) is 3.28. The van der Waals surface area contributed by atoms with Gasteiger partial charge in [0, 0.05) is 54.0 Å². The van der Waals surface area contributed by atoms with Crippen LogP contribution in [-0.4, -0.2) is 43.2 Å². The normalized spacial score (nSPS) is 9.60. The second kappa shape index (κ2) is 14.6. The SMILES string of the molecule is Br.Br.Br.NC(N)=Nc1nc(CSCCNc2ncc(Cc3ncc[nH]3)c(=O)[nH]2)cs1. The number of anilines is 1. The van der Waals surface area contributed by atoms with Gasteiger partial charge < -0.3 is 21.8 Å². The summed E-state index contributed by atoms with van der Waals surface area (Å²) in [6.07, 6.45) is 5.36. The zero-order chi connectivity index (χ0) is 19.1. The van der Waals surface area contributed by atoms with E-state index in [1.54, 1.807) is 30.4 Å². The number of H-pyrrole nitrogens is 2. The topological polar surface area (TPSA) is 164 Å². The summed E-state index contributed by atoms with van der Waals surface area (Å²) in [5.41, 5.74) is 12.0. The maximum atomic E-state index is 12.1. The van der Waals surface area contributed by atoms with E-state index in [0.29, 0.717) is 29.6 Å². The van der Waals surface area contributed by atoms with E-state index in [1.807, 2.05) is 5.38 Å². The Hall–Kier alpha value is -1.42. The summed E-state index contributed by atoms with van der Waals surface area (Å²) in [6, 6.07) is 0. The maximum Gasteiger partial charge on any atom is 0.255 e. The van der Waals surface area contributed by atoms with Gasteiger partial charge in [0.1, 0.15) is 5.82 Å². The number of nitrogens with one attached hydrogen (secondary N) is 3. The fourth-order valence-corrected chi connectivity index (χ4v) is 3.71. The molecule has 0 fully saturated rings. The molecule has 0 saturated heterocycles. The van der Waals surface area contributed by atoms with Crippen LogP contribution in [0.4, 0.5) is 11.1 Å². The summed E-state index contributed by atoms with van der Waals surface area (Å²) in [7, 11) is 0. The highest BCUT2D eigenvalue weighted by Crippen LogP contribution is 2.21. The van der Waals surface area contributed by atoms with Gasteiger partial charge in [0.15, 0.2) is 5.96 Å². The van der Waals surface area contributed by atoms with Gasteiger partial charge in [-0.15, -0.1) is 62.3 Å². The number of hydrogen-bond acceptors (Lipinski definition) is 8. The summed E-state index contributed by atoms with van der Waals surface area (Å²) in [6.45, 7) is 0.663. The zero-order valence-corrected chi connectivity index (χ0v) is 22.3. The minimum Gasteiger partial charge on any atom is -0.370 e. The van der Waals surface area contributed by atoms with Crippen molar-refractivity contribution in [3.05, 3.63) is 51.4 Å². The standard InChI is InChI=1S/C15H19N9OS2.3BrH/c16-13(17)24-15-22-10(8-27-15)7-26-4-3-20-14-21-6-9(12(25)23-14)5-11-18-1-2-19-11;;;/h1-2,6,8H,3-5,7H2,(H,18,19)(H4,16,17,22,24)(H2,20,21,23,25);3*1H. The number of aromatic nitrogens is 5. The lowest BCUT2D eigenvalue weighted by Gasteiger charge is -2.05. The number of halogens is 3. The third kappa shape index (κ3) is 9.16. The number of nitrogens with two attached hydrogens (primary N) is 2. The molecule has 3 aromatic rings. The van der Waals surface area contributed by atoms with Crippen molar-refractivity contribution in [3.63, 3.8) is 0 Å². The third-order valence-electron chi connectivity index (χ3n) is 3.34. The van der Waals surface area contributed by atoms with Crippen molar-refractivity contribution in [2.24, 2.45) is 16.5 Å². The Morgan fingerprint density at radius 3 is 2.73 bits per heavy atom. The zero-order valence-electron chi connectivity index (χ0n) is 15.5. The smallest absolute Gasteiger partial charge is 0.255 e. The van der Waals surface area contributed by atoms with Gasteiger partial charge in [-0.25, -0.2) is 15.0 Å². The van der Waals surface area contributed by atoms with Gasteiger partial charge in [-0.3, -0.25) is 9.78 Å². The van der Waals surface area contributed by atoms with Crippen molar-refractivity contribution in [3.8, 4) is 0 Å². The molecule has 0 unspecified atom stereocenters. The highest BCUT2D eigenvalue weighted by atomic mass is 79.9. The highest BCUT2D eigenvalue weighted by Gasteiger charge is 2.06. The fraction of sp³-hybridized carbons (Fsp3) is 0.267. The molecule has 0 radical (unpaired) electrons. The molecule has 0 amide bonds. The Labute approximate surface area is 212 Å². The first kappa shape index (κ1) is 28.6. The van der Waals surface area contributed by atoms with Gasteiger partial charge >= 0.3 is 0 Å². The minimum atomic E-state index is -0.175. The van der Waals surface area contributed by atoms with E-state index in [2.05, 4.69) is 35.2 Å². The van der Waals surface area contributed by atoms with Crippen molar-refractivity contribution in [1.82, 2.24) is 24.9 Å². The van der Waals surface area contributed by atoms with E-state index >= 15 is 0 Å². The summed E-state index contributed by atoms with van der Waals surface area (Å²) in [5, 5.41) is 5.59. The number of hydrogen-bond donors (Lipinski definition) is 5. The molecule has 0 aliphatic heterocycles. The van der Waals surface area contributed by atoms with E-state index < -0.39 is 0 Å². The van der Waals surface area contributed by atoms with Crippen LogP contribution >= 0.6 is 74.0 Å². The molecule has 0 aromatic carbocycles. The van der Waals surface area contributed by atoms with Gasteiger partial charge in [-0.2, -0.15) is 16.8 Å². The van der Waals surface area contributed by atoms with Crippen LogP contribution in [0.1, 0.15) is 17.1 Å². The molecule has 0 spiro atoms. The summed E-state index contributed by atoms with van der Waals surface area (Å²) in [5.74, 6) is 2.76. The van der Waals surface area contributed by atoms with Crippen molar-refractivity contribution in [1.29, 1.82) is 0 Å². The first-order valence-electron chi connectivity index (χ1n) is 8.02.